The Morgan fingerprint density at radius 1 is 1.02 bits per heavy atom. The number of hydrogen-bond acceptors (Lipinski definition) is 7. The Hall–Kier alpha value is -3.69. The summed E-state index contributed by atoms with van der Waals surface area (Å²) in [6.45, 7) is 4.26. The monoisotopic (exact) mass is 596 g/mol. The van der Waals surface area contributed by atoms with Crippen LogP contribution in [0.4, 0.5) is 10.5 Å². The number of benzene rings is 3. The first-order chi connectivity index (χ1) is 19.8. The number of esters is 1. The van der Waals surface area contributed by atoms with Gasteiger partial charge in [-0.15, -0.1) is 11.8 Å². The number of rotatable bonds is 10. The molecule has 41 heavy (non-hydrogen) atoms. The largest absolute Gasteiger partial charge is 0.497 e. The highest BCUT2D eigenvalue weighted by molar-refractivity contribution is 7.99. The lowest BCUT2D eigenvalue weighted by molar-refractivity contribution is -0.152. The first kappa shape index (κ1) is 30.3. The molecule has 10 heteroatoms. The summed E-state index contributed by atoms with van der Waals surface area (Å²) in [4.78, 5) is 43.3. The molecule has 1 aliphatic rings. The van der Waals surface area contributed by atoms with Crippen molar-refractivity contribution in [1.82, 2.24) is 4.90 Å². The van der Waals surface area contributed by atoms with Gasteiger partial charge in [0.05, 0.1) is 18.0 Å². The van der Waals surface area contributed by atoms with Crippen LogP contribution in [0.15, 0.2) is 77.7 Å². The number of fused-ring (bicyclic) bond motifs is 1. The fraction of sp³-hybridized carbons (Fsp3) is 0.323. The molecule has 0 fully saturated rings. The van der Waals surface area contributed by atoms with E-state index in [1.54, 1.807) is 47.2 Å². The number of carbonyl (C=O) groups excluding carboxylic acids is 3. The van der Waals surface area contributed by atoms with Crippen LogP contribution < -0.4 is 9.64 Å². The lowest BCUT2D eigenvalue weighted by Crippen LogP contribution is -2.47. The minimum Gasteiger partial charge on any atom is -0.497 e. The molecule has 4 rings (SSSR count). The minimum atomic E-state index is -1.11. The van der Waals surface area contributed by atoms with Crippen LogP contribution in [0.25, 0.3) is 0 Å². The van der Waals surface area contributed by atoms with E-state index in [1.165, 1.54) is 18.7 Å². The van der Waals surface area contributed by atoms with E-state index >= 15 is 0 Å². The van der Waals surface area contributed by atoms with Crippen molar-refractivity contribution in [3.63, 3.8) is 0 Å². The molecule has 8 nitrogen and oxygen atoms in total. The number of nitrogens with zero attached hydrogens (tertiary/aromatic N) is 2. The highest BCUT2D eigenvalue weighted by Gasteiger charge is 2.41. The SMILES string of the molecule is CCCN(CCN1C(=O)C(OC(C)=O)C(c2ccc(OC)cc2)Sc2cc(Cl)ccc21)C(=O)OCc1ccccc1. The summed E-state index contributed by atoms with van der Waals surface area (Å²) in [6.07, 6.45) is -0.857. The van der Waals surface area contributed by atoms with E-state index in [-0.39, 0.29) is 25.6 Å². The average molecular weight is 597 g/mol. The van der Waals surface area contributed by atoms with Gasteiger partial charge < -0.3 is 24.0 Å². The van der Waals surface area contributed by atoms with Crippen LogP contribution in [0.2, 0.25) is 5.02 Å². The minimum absolute atomic E-state index is 0.151. The van der Waals surface area contributed by atoms with Gasteiger partial charge in [-0.05, 0) is 47.9 Å². The topological polar surface area (TPSA) is 85.4 Å². The molecule has 3 aromatic carbocycles. The fourth-order valence-corrected chi connectivity index (χ4v) is 6.15. The molecule has 0 aliphatic carbocycles. The zero-order valence-corrected chi connectivity index (χ0v) is 24.8. The first-order valence-corrected chi connectivity index (χ1v) is 14.6. The van der Waals surface area contributed by atoms with Crippen molar-refractivity contribution in [3.8, 4) is 5.75 Å². The zero-order valence-electron chi connectivity index (χ0n) is 23.2. The second-order valence-electron chi connectivity index (χ2n) is 9.47. The van der Waals surface area contributed by atoms with E-state index in [0.29, 0.717) is 29.4 Å². The summed E-state index contributed by atoms with van der Waals surface area (Å²) >= 11 is 7.78. The predicted octanol–water partition coefficient (Wildman–Crippen LogP) is 6.51. The predicted molar refractivity (Wildman–Crippen MR) is 159 cm³/mol. The number of carbonyl (C=O) groups is 3. The van der Waals surface area contributed by atoms with Crippen molar-refractivity contribution >= 4 is 47.0 Å². The highest BCUT2D eigenvalue weighted by atomic mass is 35.5. The second-order valence-corrected chi connectivity index (χ2v) is 11.1. The molecule has 216 valence electrons. The average Bonchev–Trinajstić information content (AvgIpc) is 3.08. The van der Waals surface area contributed by atoms with Crippen LogP contribution >= 0.6 is 23.4 Å². The number of ether oxygens (including phenoxy) is 3. The van der Waals surface area contributed by atoms with Gasteiger partial charge in [-0.1, -0.05) is 61.0 Å². The molecule has 3 aromatic rings. The number of methoxy groups -OCH3 is 1. The molecule has 0 N–H and O–H groups in total. The maximum atomic E-state index is 14.1. The Morgan fingerprint density at radius 3 is 2.41 bits per heavy atom. The fourth-order valence-electron chi connectivity index (χ4n) is 4.56. The van der Waals surface area contributed by atoms with Crippen LogP contribution in [-0.4, -0.2) is 55.7 Å². The Morgan fingerprint density at radius 2 is 1.76 bits per heavy atom. The van der Waals surface area contributed by atoms with Gasteiger partial charge >= 0.3 is 12.1 Å². The first-order valence-electron chi connectivity index (χ1n) is 13.3. The molecule has 0 radical (unpaired) electrons. The van der Waals surface area contributed by atoms with Crippen molar-refractivity contribution in [2.75, 3.05) is 31.6 Å². The lowest BCUT2D eigenvalue weighted by Gasteiger charge is -2.30. The van der Waals surface area contributed by atoms with Crippen LogP contribution in [0.1, 0.15) is 36.6 Å². The Kier molecular flexibility index (Phi) is 10.5. The lowest BCUT2D eigenvalue weighted by atomic mass is 10.1. The van der Waals surface area contributed by atoms with Crippen molar-refractivity contribution in [1.29, 1.82) is 0 Å². The van der Waals surface area contributed by atoms with E-state index in [0.717, 1.165) is 16.0 Å². The van der Waals surface area contributed by atoms with Crippen molar-refractivity contribution in [2.24, 2.45) is 0 Å². The second kappa shape index (κ2) is 14.3. The molecule has 0 saturated carbocycles. The van der Waals surface area contributed by atoms with Gasteiger partial charge in [-0.3, -0.25) is 9.59 Å². The highest BCUT2D eigenvalue weighted by Crippen LogP contribution is 2.47. The van der Waals surface area contributed by atoms with Crippen LogP contribution in [-0.2, 0) is 25.7 Å². The summed E-state index contributed by atoms with van der Waals surface area (Å²) in [7, 11) is 1.58. The van der Waals surface area contributed by atoms with Gasteiger partial charge in [-0.25, -0.2) is 4.79 Å². The third kappa shape index (κ3) is 7.74. The molecular formula is C31H33ClN2O6S. The standard InChI is InChI=1S/C31H33ClN2O6S/c1-4-16-33(31(37)39-20-22-8-6-5-7-9-22)17-18-34-26-15-12-24(32)19-27(26)41-29(28(30(34)36)40-21(2)35)23-10-13-25(38-3)14-11-23/h5-15,19,28-29H,4,16-18,20H2,1-3H3. The molecule has 1 aliphatic heterocycles. The normalized spacial score (nSPS) is 16.4. The summed E-state index contributed by atoms with van der Waals surface area (Å²) in [5.74, 6) is -0.282. The quantitative estimate of drug-likeness (QED) is 0.247. The number of thioether (sulfide) groups is 1. The third-order valence-electron chi connectivity index (χ3n) is 6.54. The van der Waals surface area contributed by atoms with E-state index in [1.807, 2.05) is 49.4 Å². The number of halogens is 1. The van der Waals surface area contributed by atoms with Crippen LogP contribution in [0.3, 0.4) is 0 Å². The smallest absolute Gasteiger partial charge is 0.410 e. The molecule has 0 saturated heterocycles. The van der Waals surface area contributed by atoms with E-state index in [4.69, 9.17) is 25.8 Å². The molecule has 2 unspecified atom stereocenters. The molecule has 0 bridgehead atoms. The van der Waals surface area contributed by atoms with Gasteiger partial charge in [0.2, 0.25) is 0 Å². The molecule has 0 spiro atoms. The van der Waals surface area contributed by atoms with Gasteiger partial charge in [-0.2, -0.15) is 0 Å². The molecule has 2 atom stereocenters. The number of anilines is 1. The van der Waals surface area contributed by atoms with E-state index in [2.05, 4.69) is 0 Å². The van der Waals surface area contributed by atoms with Gasteiger partial charge in [0.15, 0.2) is 6.10 Å². The summed E-state index contributed by atoms with van der Waals surface area (Å²) in [5.41, 5.74) is 2.31. The van der Waals surface area contributed by atoms with Crippen LogP contribution in [0, 0.1) is 0 Å². The zero-order chi connectivity index (χ0) is 29.4. The van der Waals surface area contributed by atoms with E-state index < -0.39 is 23.4 Å². The van der Waals surface area contributed by atoms with Gasteiger partial charge in [0, 0.05) is 36.5 Å². The maximum absolute atomic E-state index is 14.1. The Balaban J connectivity index is 1.62. The maximum Gasteiger partial charge on any atom is 0.410 e. The van der Waals surface area contributed by atoms with E-state index in [9.17, 15) is 14.4 Å². The molecular weight excluding hydrogens is 564 g/mol. The van der Waals surface area contributed by atoms with Crippen LogP contribution in [0.5, 0.6) is 5.75 Å². The molecule has 2 amide bonds. The van der Waals surface area contributed by atoms with Crippen molar-refractivity contribution < 1.29 is 28.6 Å². The van der Waals surface area contributed by atoms with Crippen molar-refractivity contribution in [3.05, 3.63) is 88.9 Å². The third-order valence-corrected chi connectivity index (χ3v) is 8.13. The summed E-state index contributed by atoms with van der Waals surface area (Å²) in [6, 6.07) is 22.1. The van der Waals surface area contributed by atoms with Gasteiger partial charge in [0.1, 0.15) is 12.4 Å². The summed E-state index contributed by atoms with van der Waals surface area (Å²) < 4.78 is 16.5. The Bertz CT molecular complexity index is 1350. The summed E-state index contributed by atoms with van der Waals surface area (Å²) in [5, 5.41) is -0.0257. The number of hydrogen-bond donors (Lipinski definition) is 0. The molecule has 0 aromatic heterocycles. The Labute approximate surface area is 249 Å². The molecule has 1 heterocycles. The van der Waals surface area contributed by atoms with Crippen molar-refractivity contribution in [2.45, 2.75) is 43.1 Å². The van der Waals surface area contributed by atoms with Gasteiger partial charge in [0.25, 0.3) is 5.91 Å². The number of amides is 2.